The lowest BCUT2D eigenvalue weighted by atomic mass is 10.0. The maximum Gasteiger partial charge on any atom is 0.118 e. The minimum Gasteiger partial charge on any atom is -0.497 e. The number of rotatable bonds is 6. The molecule has 0 aliphatic carbocycles. The highest BCUT2D eigenvalue weighted by molar-refractivity contribution is 5.29. The van der Waals surface area contributed by atoms with Gasteiger partial charge in [-0.3, -0.25) is 9.88 Å². The first-order valence-corrected chi connectivity index (χ1v) is 7.03. The van der Waals surface area contributed by atoms with E-state index < -0.39 is 6.10 Å². The number of aliphatic hydroxyl groups is 1. The Hall–Kier alpha value is -1.91. The van der Waals surface area contributed by atoms with E-state index in [1.54, 1.807) is 19.5 Å². The molecule has 4 nitrogen and oxygen atoms in total. The van der Waals surface area contributed by atoms with Crippen molar-refractivity contribution in [2.24, 2.45) is 0 Å². The van der Waals surface area contributed by atoms with Crippen LogP contribution in [0.1, 0.15) is 24.2 Å². The number of hydrogen-bond donors (Lipinski definition) is 1. The number of aromatic nitrogens is 1. The molecule has 0 radical (unpaired) electrons. The SMILES string of the molecule is COc1ccc(C(O)C(C)N(C)Cc2ccncc2)cc1. The van der Waals surface area contributed by atoms with Gasteiger partial charge >= 0.3 is 0 Å². The third-order valence-electron chi connectivity index (χ3n) is 3.79. The van der Waals surface area contributed by atoms with E-state index in [2.05, 4.69) is 9.88 Å². The van der Waals surface area contributed by atoms with Gasteiger partial charge < -0.3 is 9.84 Å². The summed E-state index contributed by atoms with van der Waals surface area (Å²) in [5.41, 5.74) is 2.08. The molecule has 2 atom stereocenters. The number of benzene rings is 1. The maximum atomic E-state index is 10.5. The molecule has 112 valence electrons. The molecule has 0 aliphatic heterocycles. The van der Waals surface area contributed by atoms with Crippen LogP contribution < -0.4 is 4.74 Å². The molecule has 0 saturated heterocycles. The van der Waals surface area contributed by atoms with E-state index in [0.29, 0.717) is 0 Å². The standard InChI is InChI=1S/C17H22N2O2/c1-13(19(2)12-14-8-10-18-11-9-14)17(20)15-4-6-16(21-3)7-5-15/h4-11,13,17,20H,12H2,1-3H3. The van der Waals surface area contributed by atoms with Crippen molar-refractivity contribution in [1.29, 1.82) is 0 Å². The Morgan fingerprint density at radius 3 is 2.33 bits per heavy atom. The third kappa shape index (κ3) is 4.03. The number of ether oxygens (including phenoxy) is 1. The summed E-state index contributed by atoms with van der Waals surface area (Å²) < 4.78 is 5.14. The first-order chi connectivity index (χ1) is 10.1. The largest absolute Gasteiger partial charge is 0.497 e. The minimum absolute atomic E-state index is 0.00607. The molecule has 1 heterocycles. The molecule has 1 aromatic heterocycles. The predicted molar refractivity (Wildman–Crippen MR) is 83.1 cm³/mol. The van der Waals surface area contributed by atoms with E-state index in [1.165, 1.54) is 5.56 Å². The third-order valence-corrected chi connectivity index (χ3v) is 3.79. The van der Waals surface area contributed by atoms with Gasteiger partial charge in [0.25, 0.3) is 0 Å². The first-order valence-electron chi connectivity index (χ1n) is 7.03. The molecule has 21 heavy (non-hydrogen) atoms. The van der Waals surface area contributed by atoms with Crippen LogP contribution in [0.5, 0.6) is 5.75 Å². The predicted octanol–water partition coefficient (Wildman–Crippen LogP) is 2.64. The molecule has 1 aromatic carbocycles. The van der Waals surface area contributed by atoms with Crippen LogP contribution in [0.25, 0.3) is 0 Å². The highest BCUT2D eigenvalue weighted by Gasteiger charge is 2.20. The number of nitrogens with zero attached hydrogens (tertiary/aromatic N) is 2. The van der Waals surface area contributed by atoms with E-state index in [-0.39, 0.29) is 6.04 Å². The highest BCUT2D eigenvalue weighted by atomic mass is 16.5. The van der Waals surface area contributed by atoms with Crippen molar-refractivity contribution < 1.29 is 9.84 Å². The molecule has 4 heteroatoms. The summed E-state index contributed by atoms with van der Waals surface area (Å²) in [4.78, 5) is 6.15. The van der Waals surface area contributed by atoms with Crippen molar-refractivity contribution >= 4 is 0 Å². The fourth-order valence-corrected chi connectivity index (χ4v) is 2.24. The van der Waals surface area contributed by atoms with Gasteiger partial charge in [-0.25, -0.2) is 0 Å². The van der Waals surface area contributed by atoms with Crippen LogP contribution in [0.3, 0.4) is 0 Å². The van der Waals surface area contributed by atoms with E-state index in [9.17, 15) is 5.11 Å². The van der Waals surface area contributed by atoms with E-state index >= 15 is 0 Å². The van der Waals surface area contributed by atoms with Crippen LogP contribution >= 0.6 is 0 Å². The number of methoxy groups -OCH3 is 1. The Morgan fingerprint density at radius 1 is 1.14 bits per heavy atom. The molecule has 0 aliphatic rings. The summed E-state index contributed by atoms with van der Waals surface area (Å²) in [6.07, 6.45) is 3.03. The summed E-state index contributed by atoms with van der Waals surface area (Å²) in [5.74, 6) is 0.795. The quantitative estimate of drug-likeness (QED) is 0.886. The zero-order valence-corrected chi connectivity index (χ0v) is 12.7. The van der Waals surface area contributed by atoms with Crippen molar-refractivity contribution in [3.63, 3.8) is 0 Å². The second-order valence-corrected chi connectivity index (χ2v) is 5.23. The normalized spacial score (nSPS) is 14.0. The molecule has 1 N–H and O–H groups in total. The number of likely N-dealkylation sites (N-methyl/N-ethyl adjacent to an activating group) is 1. The average molecular weight is 286 g/mol. The van der Waals surface area contributed by atoms with Crippen molar-refractivity contribution in [1.82, 2.24) is 9.88 Å². The van der Waals surface area contributed by atoms with Crippen LogP contribution in [0.2, 0.25) is 0 Å². The fraction of sp³-hybridized carbons (Fsp3) is 0.353. The lowest BCUT2D eigenvalue weighted by Gasteiger charge is -2.29. The molecule has 0 saturated carbocycles. The average Bonchev–Trinajstić information content (AvgIpc) is 2.54. The minimum atomic E-state index is -0.539. The van der Waals surface area contributed by atoms with Crippen molar-refractivity contribution in [2.75, 3.05) is 14.2 Å². The summed E-state index contributed by atoms with van der Waals surface area (Å²) in [7, 11) is 3.65. The number of hydrogen-bond acceptors (Lipinski definition) is 4. The van der Waals surface area contributed by atoms with Crippen LogP contribution in [0.4, 0.5) is 0 Å². The van der Waals surface area contributed by atoms with Crippen LogP contribution in [-0.2, 0) is 6.54 Å². The molecule has 2 aromatic rings. The van der Waals surface area contributed by atoms with Crippen LogP contribution in [0.15, 0.2) is 48.8 Å². The van der Waals surface area contributed by atoms with Crippen molar-refractivity contribution in [3.05, 3.63) is 59.9 Å². The smallest absolute Gasteiger partial charge is 0.118 e. The molecule has 2 unspecified atom stereocenters. The number of aliphatic hydroxyl groups excluding tert-OH is 1. The summed E-state index contributed by atoms with van der Waals surface area (Å²) in [6, 6.07) is 11.5. The van der Waals surface area contributed by atoms with Gasteiger partial charge in [-0.1, -0.05) is 12.1 Å². The summed E-state index contributed by atoms with van der Waals surface area (Å²) in [5, 5.41) is 10.5. The summed E-state index contributed by atoms with van der Waals surface area (Å²) in [6.45, 7) is 2.80. The Labute approximate surface area is 126 Å². The van der Waals surface area contributed by atoms with E-state index in [4.69, 9.17) is 4.74 Å². The molecule has 2 rings (SSSR count). The van der Waals surface area contributed by atoms with Gasteiger partial charge in [-0.05, 0) is 49.4 Å². The van der Waals surface area contributed by atoms with E-state index in [1.807, 2.05) is 50.4 Å². The van der Waals surface area contributed by atoms with Gasteiger partial charge in [-0.15, -0.1) is 0 Å². The van der Waals surface area contributed by atoms with Gasteiger partial charge in [0.1, 0.15) is 5.75 Å². The van der Waals surface area contributed by atoms with Crippen molar-refractivity contribution in [3.8, 4) is 5.75 Å². The van der Waals surface area contributed by atoms with Gasteiger partial charge in [0.05, 0.1) is 13.2 Å². The van der Waals surface area contributed by atoms with Gasteiger partial charge in [0.2, 0.25) is 0 Å². The lowest BCUT2D eigenvalue weighted by Crippen LogP contribution is -2.33. The molecular formula is C17H22N2O2. The monoisotopic (exact) mass is 286 g/mol. The Balaban J connectivity index is 2.01. The topological polar surface area (TPSA) is 45.6 Å². The fourth-order valence-electron chi connectivity index (χ4n) is 2.24. The van der Waals surface area contributed by atoms with Crippen molar-refractivity contribution in [2.45, 2.75) is 25.6 Å². The molecule has 0 amide bonds. The molecular weight excluding hydrogens is 264 g/mol. The molecule has 0 spiro atoms. The van der Waals surface area contributed by atoms with Gasteiger partial charge in [0, 0.05) is 25.0 Å². The Morgan fingerprint density at radius 2 is 1.76 bits per heavy atom. The zero-order chi connectivity index (χ0) is 15.2. The lowest BCUT2D eigenvalue weighted by molar-refractivity contribution is 0.0688. The highest BCUT2D eigenvalue weighted by Crippen LogP contribution is 2.23. The van der Waals surface area contributed by atoms with Gasteiger partial charge in [0.15, 0.2) is 0 Å². The maximum absolute atomic E-state index is 10.5. The number of pyridine rings is 1. The molecule has 0 bridgehead atoms. The van der Waals surface area contributed by atoms with Crippen LogP contribution in [-0.4, -0.2) is 35.2 Å². The Kier molecular flexibility index (Phi) is 5.31. The first kappa shape index (κ1) is 15.5. The summed E-state index contributed by atoms with van der Waals surface area (Å²) >= 11 is 0. The zero-order valence-electron chi connectivity index (χ0n) is 12.7. The van der Waals surface area contributed by atoms with Crippen LogP contribution in [0, 0.1) is 0 Å². The van der Waals surface area contributed by atoms with Gasteiger partial charge in [-0.2, -0.15) is 0 Å². The van der Waals surface area contributed by atoms with E-state index in [0.717, 1.165) is 17.9 Å². The second kappa shape index (κ2) is 7.20. The molecule has 0 fully saturated rings. The second-order valence-electron chi connectivity index (χ2n) is 5.23. The Bertz CT molecular complexity index is 542.